The van der Waals surface area contributed by atoms with E-state index in [0.29, 0.717) is 0 Å². The molecule has 284 valence electrons. The molecule has 1 aromatic heterocycles. The van der Waals surface area contributed by atoms with Gasteiger partial charge in [-0.2, -0.15) is 39.5 Å². The second-order valence-corrected chi connectivity index (χ2v) is 13.4. The van der Waals surface area contributed by atoms with Crippen LogP contribution in [0.2, 0.25) is 0 Å². The average Bonchev–Trinajstić information content (AvgIpc) is 3.60. The molecule has 2 fully saturated rings. The number of aromatic nitrogens is 1. The minimum Gasteiger partial charge on any atom is -0.480 e. The number of para-hydroxylation sites is 1. The summed E-state index contributed by atoms with van der Waals surface area (Å²) < 4.78 is 135. The predicted octanol–water partition coefficient (Wildman–Crippen LogP) is 6.71. The molecule has 17 heteroatoms. The number of aryl methyl sites for hydroxylation is 1. The number of hydrogen-bond acceptors (Lipinski definition) is 5. The van der Waals surface area contributed by atoms with Crippen LogP contribution >= 0.6 is 0 Å². The summed E-state index contributed by atoms with van der Waals surface area (Å²) in [6.07, 6.45) is -17.3. The number of pyridine rings is 1. The number of carbonyl (C=O) groups excluding carboxylic acids is 1. The van der Waals surface area contributed by atoms with E-state index in [0.717, 1.165) is 4.57 Å². The molecule has 6 rings (SSSR count). The second kappa shape index (κ2) is 13.6. The van der Waals surface area contributed by atoms with E-state index in [1.54, 1.807) is 0 Å². The molecule has 0 aliphatic carbocycles. The largest absolute Gasteiger partial charge is 0.480 e. The summed E-state index contributed by atoms with van der Waals surface area (Å²) in [7, 11) is 1.32. The number of nitrogens with zero attached hydrogens (tertiary/aromatic N) is 2. The first kappa shape index (κ1) is 38.1. The van der Waals surface area contributed by atoms with Gasteiger partial charge in [-0.25, -0.2) is 4.79 Å². The number of fused-ring (bicyclic) bond motifs is 2. The summed E-state index contributed by atoms with van der Waals surface area (Å²) in [4.78, 5) is 40.7. The molecule has 2 unspecified atom stereocenters. The number of hydrogen-bond donors (Lipinski definition) is 2. The smallest absolute Gasteiger partial charge is 0.417 e. The summed E-state index contributed by atoms with van der Waals surface area (Å²) in [5, 5.41) is 12.1. The standard InChI is InChI=1S/C36H32F9N3O5/c1-47-26-11-3-2-7-23(26)29(35(40,41)42)28(30(47)49)22-10-5-8-20-19(6-4-9-21(20)22)16-25(31(50)51)46-32(52)33(36(43,44)45)12-14-48(15-13-33)27-18-53-17-24(27)34(37,38)39/h2-11,24-25,27H,12-18H2,1H3,(H,46,52)(H,50,51)/t24?,25-,27?/m0/s1. The molecule has 4 aromatic rings. The molecule has 0 spiro atoms. The number of carboxylic acid groups (broad SMARTS) is 1. The maximum absolute atomic E-state index is 14.7. The van der Waals surface area contributed by atoms with E-state index in [1.165, 1.54) is 72.6 Å². The van der Waals surface area contributed by atoms with E-state index in [9.17, 15) is 59.0 Å². The minimum atomic E-state index is -5.20. The highest BCUT2D eigenvalue weighted by atomic mass is 19.4. The number of halogens is 9. The number of benzene rings is 3. The van der Waals surface area contributed by atoms with Crippen LogP contribution in [0, 0.1) is 11.3 Å². The Morgan fingerprint density at radius 2 is 1.51 bits per heavy atom. The number of piperidine rings is 1. The molecule has 2 N–H and O–H groups in total. The Morgan fingerprint density at radius 3 is 2.13 bits per heavy atom. The zero-order valence-electron chi connectivity index (χ0n) is 27.8. The average molecular weight is 758 g/mol. The van der Waals surface area contributed by atoms with Crippen molar-refractivity contribution in [1.82, 2.24) is 14.8 Å². The van der Waals surface area contributed by atoms with Crippen molar-refractivity contribution < 1.29 is 58.9 Å². The van der Waals surface area contributed by atoms with Gasteiger partial charge >= 0.3 is 24.5 Å². The van der Waals surface area contributed by atoms with Crippen LogP contribution in [0.15, 0.2) is 65.5 Å². The van der Waals surface area contributed by atoms with Crippen molar-refractivity contribution in [3.05, 3.63) is 82.1 Å². The number of alkyl halides is 9. The highest BCUT2D eigenvalue weighted by Crippen LogP contribution is 2.48. The van der Waals surface area contributed by atoms with E-state index in [4.69, 9.17) is 4.74 Å². The van der Waals surface area contributed by atoms with E-state index < -0.39 is 109 Å². The Hall–Kier alpha value is -4.64. The fourth-order valence-corrected chi connectivity index (χ4v) is 7.62. The van der Waals surface area contributed by atoms with Gasteiger partial charge in [-0.3, -0.25) is 14.5 Å². The second-order valence-electron chi connectivity index (χ2n) is 13.4. The Kier molecular flexibility index (Phi) is 9.81. The van der Waals surface area contributed by atoms with E-state index >= 15 is 0 Å². The van der Waals surface area contributed by atoms with Gasteiger partial charge in [0.1, 0.15) is 11.5 Å². The molecule has 0 bridgehead atoms. The molecule has 53 heavy (non-hydrogen) atoms. The maximum Gasteiger partial charge on any atom is 0.417 e. The van der Waals surface area contributed by atoms with Crippen LogP contribution in [0.5, 0.6) is 0 Å². The minimum absolute atomic E-state index is 0.0369. The normalized spacial score (nSPS) is 20.5. The molecule has 2 aliphatic heterocycles. The Balaban J connectivity index is 1.33. The predicted molar refractivity (Wildman–Crippen MR) is 174 cm³/mol. The van der Waals surface area contributed by atoms with Crippen LogP contribution in [-0.4, -0.2) is 77.2 Å². The topological polar surface area (TPSA) is 101 Å². The van der Waals surface area contributed by atoms with Crippen LogP contribution in [0.25, 0.3) is 32.8 Å². The molecule has 2 saturated heterocycles. The van der Waals surface area contributed by atoms with Crippen LogP contribution in [-0.2, 0) is 34.0 Å². The van der Waals surface area contributed by atoms with Crippen molar-refractivity contribution >= 4 is 33.6 Å². The molecule has 3 heterocycles. The number of nitrogens with one attached hydrogen (secondary N) is 1. The maximum atomic E-state index is 14.7. The zero-order chi connectivity index (χ0) is 38.7. The first-order valence-electron chi connectivity index (χ1n) is 16.4. The van der Waals surface area contributed by atoms with E-state index in [-0.39, 0.29) is 39.4 Å². The summed E-state index contributed by atoms with van der Waals surface area (Å²) in [5.41, 5.74) is -5.85. The molecular formula is C36H32F9N3O5. The van der Waals surface area contributed by atoms with Crippen molar-refractivity contribution in [2.24, 2.45) is 18.4 Å². The quantitative estimate of drug-likeness (QED) is 0.204. The Bertz CT molecular complexity index is 2120. The van der Waals surface area contributed by atoms with Gasteiger partial charge < -0.3 is 19.7 Å². The van der Waals surface area contributed by atoms with Gasteiger partial charge in [-0.1, -0.05) is 54.6 Å². The SMILES string of the molecule is Cn1c(=O)c(-c2cccc3c(C[C@H](NC(=O)C4(C(F)(F)F)CCN(C5COCC5C(F)(F)F)CC4)C(=O)O)cccc23)c(C(F)(F)F)c2ccccc21. The van der Waals surface area contributed by atoms with Crippen LogP contribution < -0.4 is 10.9 Å². The van der Waals surface area contributed by atoms with Crippen molar-refractivity contribution in [2.75, 3.05) is 26.3 Å². The van der Waals surface area contributed by atoms with Gasteiger partial charge in [0, 0.05) is 24.9 Å². The van der Waals surface area contributed by atoms with Crippen molar-refractivity contribution in [3.8, 4) is 11.1 Å². The Morgan fingerprint density at radius 1 is 0.887 bits per heavy atom. The highest BCUT2D eigenvalue weighted by molar-refractivity contribution is 6.02. The molecule has 1 amide bonds. The number of amides is 1. The van der Waals surface area contributed by atoms with Crippen LogP contribution in [0.3, 0.4) is 0 Å². The van der Waals surface area contributed by atoms with Gasteiger partial charge in [0.05, 0.1) is 35.8 Å². The van der Waals surface area contributed by atoms with Crippen molar-refractivity contribution in [2.45, 2.75) is 49.9 Å². The third-order valence-electron chi connectivity index (χ3n) is 10.5. The number of carboxylic acids is 1. The third-order valence-corrected chi connectivity index (χ3v) is 10.5. The van der Waals surface area contributed by atoms with Gasteiger partial charge in [-0.05, 0) is 53.9 Å². The number of carbonyl (C=O) groups is 2. The van der Waals surface area contributed by atoms with Crippen LogP contribution in [0.4, 0.5) is 39.5 Å². The number of rotatable bonds is 7. The molecule has 8 nitrogen and oxygen atoms in total. The summed E-state index contributed by atoms with van der Waals surface area (Å²) in [6, 6.07) is 10.6. The molecule has 0 saturated carbocycles. The van der Waals surface area contributed by atoms with E-state index in [1.807, 2.05) is 5.32 Å². The lowest BCUT2D eigenvalue weighted by Crippen LogP contribution is -2.60. The van der Waals surface area contributed by atoms with E-state index in [2.05, 4.69) is 0 Å². The summed E-state index contributed by atoms with van der Waals surface area (Å²) in [5.74, 6) is -5.29. The first-order chi connectivity index (χ1) is 24.8. The summed E-state index contributed by atoms with van der Waals surface area (Å²) in [6.45, 7) is -2.07. The molecule has 2 aliphatic rings. The fourth-order valence-electron chi connectivity index (χ4n) is 7.62. The Labute approximate surface area is 295 Å². The van der Waals surface area contributed by atoms with Gasteiger partial charge in [0.2, 0.25) is 5.91 Å². The van der Waals surface area contributed by atoms with Gasteiger partial charge in [0.15, 0.2) is 0 Å². The van der Waals surface area contributed by atoms with Crippen molar-refractivity contribution in [3.63, 3.8) is 0 Å². The lowest BCUT2D eigenvalue weighted by Gasteiger charge is -2.44. The molecule has 0 radical (unpaired) electrons. The monoisotopic (exact) mass is 757 g/mol. The lowest BCUT2D eigenvalue weighted by atomic mass is 9.75. The van der Waals surface area contributed by atoms with Crippen molar-refractivity contribution in [1.29, 1.82) is 0 Å². The fraction of sp³-hybridized carbons (Fsp3) is 0.417. The van der Waals surface area contributed by atoms with Gasteiger partial charge in [-0.15, -0.1) is 0 Å². The third kappa shape index (κ3) is 6.84. The summed E-state index contributed by atoms with van der Waals surface area (Å²) >= 11 is 0. The van der Waals surface area contributed by atoms with Crippen LogP contribution in [0.1, 0.15) is 24.0 Å². The lowest BCUT2D eigenvalue weighted by molar-refractivity contribution is -0.237. The molecular weight excluding hydrogens is 725 g/mol. The number of aliphatic carboxylic acids is 1. The highest BCUT2D eigenvalue weighted by Gasteiger charge is 2.62. The number of ether oxygens (including phenoxy) is 1. The van der Waals surface area contributed by atoms with Gasteiger partial charge in [0.25, 0.3) is 5.56 Å². The molecule has 3 aromatic carbocycles. The first-order valence-corrected chi connectivity index (χ1v) is 16.4. The zero-order valence-corrected chi connectivity index (χ0v) is 27.8. The molecule has 3 atom stereocenters. The number of likely N-dealkylation sites (tertiary alicyclic amines) is 1.